The van der Waals surface area contributed by atoms with Gasteiger partial charge in [-0.2, -0.15) is 5.10 Å². The lowest BCUT2D eigenvalue weighted by molar-refractivity contribution is -0.181. The molecule has 0 bridgehead atoms. The first-order valence-electron chi connectivity index (χ1n) is 9.93. The molecule has 2 fully saturated rings. The highest BCUT2D eigenvalue weighted by molar-refractivity contribution is 5.92. The first kappa shape index (κ1) is 19.6. The van der Waals surface area contributed by atoms with Crippen LogP contribution in [0.15, 0.2) is 35.1 Å². The van der Waals surface area contributed by atoms with E-state index in [9.17, 15) is 9.59 Å². The molecule has 1 aromatic carbocycles. The molecule has 4 rings (SSSR count). The molecule has 2 aliphatic heterocycles. The standard InChI is InChI=1S/C21H25N3O5/c1-3-27-18-14-17(25)19(22-24(18)16-6-4-15(2)5-7-16)20(26)23-10-8-21(9-11-23)28-12-13-29-21/h4-7,14H,3,8-13H2,1-2H3. The summed E-state index contributed by atoms with van der Waals surface area (Å²) in [6.07, 6.45) is 1.17. The number of carbonyl (C=O) groups is 1. The molecule has 2 aromatic rings. The third-order valence-corrected chi connectivity index (χ3v) is 5.30. The Labute approximate surface area is 169 Å². The first-order chi connectivity index (χ1) is 14.0. The average Bonchev–Trinajstić information content (AvgIpc) is 3.17. The van der Waals surface area contributed by atoms with Gasteiger partial charge in [0.2, 0.25) is 11.3 Å². The molecule has 29 heavy (non-hydrogen) atoms. The van der Waals surface area contributed by atoms with Crippen LogP contribution in [0, 0.1) is 6.92 Å². The monoisotopic (exact) mass is 399 g/mol. The van der Waals surface area contributed by atoms with Gasteiger partial charge in [-0.15, -0.1) is 0 Å². The van der Waals surface area contributed by atoms with Crippen molar-refractivity contribution >= 4 is 5.91 Å². The van der Waals surface area contributed by atoms with Crippen LogP contribution in [0.4, 0.5) is 0 Å². The molecule has 0 atom stereocenters. The molecule has 0 unspecified atom stereocenters. The van der Waals surface area contributed by atoms with Crippen LogP contribution in [-0.4, -0.2) is 59.3 Å². The largest absolute Gasteiger partial charge is 0.478 e. The minimum Gasteiger partial charge on any atom is -0.478 e. The predicted octanol–water partition coefficient (Wildman–Crippen LogP) is 1.92. The van der Waals surface area contributed by atoms with Crippen LogP contribution >= 0.6 is 0 Å². The van der Waals surface area contributed by atoms with Crippen molar-refractivity contribution in [3.05, 3.63) is 51.8 Å². The number of amides is 1. The molecule has 0 saturated carbocycles. The Kier molecular flexibility index (Phi) is 5.38. The number of rotatable bonds is 4. The van der Waals surface area contributed by atoms with Gasteiger partial charge in [-0.05, 0) is 26.0 Å². The smallest absolute Gasteiger partial charge is 0.278 e. The van der Waals surface area contributed by atoms with E-state index in [0.717, 1.165) is 11.3 Å². The lowest BCUT2D eigenvalue weighted by Gasteiger charge is -2.37. The number of aromatic nitrogens is 2. The van der Waals surface area contributed by atoms with Crippen LogP contribution < -0.4 is 10.2 Å². The number of ether oxygens (including phenoxy) is 3. The molecular formula is C21H25N3O5. The number of carbonyl (C=O) groups excluding carboxylic acids is 1. The lowest BCUT2D eigenvalue weighted by atomic mass is 10.0. The third kappa shape index (κ3) is 3.90. The van der Waals surface area contributed by atoms with E-state index in [0.29, 0.717) is 51.6 Å². The van der Waals surface area contributed by atoms with E-state index < -0.39 is 11.2 Å². The summed E-state index contributed by atoms with van der Waals surface area (Å²) in [6, 6.07) is 8.97. The Hall–Kier alpha value is -2.71. The highest BCUT2D eigenvalue weighted by Crippen LogP contribution is 2.31. The Balaban J connectivity index is 1.63. The van der Waals surface area contributed by atoms with Crippen LogP contribution in [0.1, 0.15) is 35.8 Å². The fraction of sp³-hybridized carbons (Fsp3) is 0.476. The fourth-order valence-corrected chi connectivity index (χ4v) is 3.70. The van der Waals surface area contributed by atoms with Crippen LogP contribution in [0.5, 0.6) is 5.88 Å². The van der Waals surface area contributed by atoms with E-state index >= 15 is 0 Å². The topological polar surface area (TPSA) is 82.9 Å². The second-order valence-electron chi connectivity index (χ2n) is 7.28. The molecule has 8 nitrogen and oxygen atoms in total. The predicted molar refractivity (Wildman–Crippen MR) is 106 cm³/mol. The lowest BCUT2D eigenvalue weighted by Crippen LogP contribution is -2.48. The Bertz CT molecular complexity index is 938. The van der Waals surface area contributed by atoms with Crippen LogP contribution in [0.25, 0.3) is 5.69 Å². The van der Waals surface area contributed by atoms with Gasteiger partial charge in [0.05, 0.1) is 31.6 Å². The van der Waals surface area contributed by atoms with Crippen LogP contribution in [0.3, 0.4) is 0 Å². The van der Waals surface area contributed by atoms with E-state index in [1.807, 2.05) is 38.1 Å². The highest BCUT2D eigenvalue weighted by atomic mass is 16.7. The van der Waals surface area contributed by atoms with Gasteiger partial charge in [-0.1, -0.05) is 17.7 Å². The van der Waals surface area contributed by atoms with E-state index in [1.54, 1.807) is 4.90 Å². The molecule has 1 aromatic heterocycles. The number of hydrogen-bond acceptors (Lipinski definition) is 6. The van der Waals surface area contributed by atoms with E-state index in [1.165, 1.54) is 10.7 Å². The van der Waals surface area contributed by atoms with Crippen molar-refractivity contribution in [3.8, 4) is 11.6 Å². The molecular weight excluding hydrogens is 374 g/mol. The van der Waals surface area contributed by atoms with Crippen molar-refractivity contribution in [1.29, 1.82) is 0 Å². The molecule has 1 amide bonds. The summed E-state index contributed by atoms with van der Waals surface area (Å²) in [5.74, 6) is -0.652. The van der Waals surface area contributed by atoms with Crippen molar-refractivity contribution in [1.82, 2.24) is 14.7 Å². The maximum atomic E-state index is 13.1. The van der Waals surface area contributed by atoms with Gasteiger partial charge in [0.15, 0.2) is 11.5 Å². The van der Waals surface area contributed by atoms with E-state index in [2.05, 4.69) is 5.10 Å². The van der Waals surface area contributed by atoms with Gasteiger partial charge in [-0.3, -0.25) is 9.59 Å². The second kappa shape index (κ2) is 7.96. The molecule has 0 radical (unpaired) electrons. The second-order valence-corrected chi connectivity index (χ2v) is 7.28. The van der Waals surface area contributed by atoms with Crippen molar-refractivity contribution in [2.24, 2.45) is 0 Å². The Morgan fingerprint density at radius 3 is 2.45 bits per heavy atom. The van der Waals surface area contributed by atoms with Gasteiger partial charge in [0, 0.05) is 25.9 Å². The molecule has 1 spiro atoms. The number of benzene rings is 1. The molecule has 8 heteroatoms. The zero-order valence-corrected chi connectivity index (χ0v) is 16.7. The highest BCUT2D eigenvalue weighted by Gasteiger charge is 2.41. The van der Waals surface area contributed by atoms with Crippen molar-refractivity contribution in [2.75, 3.05) is 32.9 Å². The summed E-state index contributed by atoms with van der Waals surface area (Å²) in [4.78, 5) is 27.3. The van der Waals surface area contributed by atoms with Crippen LogP contribution in [-0.2, 0) is 9.47 Å². The molecule has 0 aliphatic carbocycles. The summed E-state index contributed by atoms with van der Waals surface area (Å²) < 4.78 is 18.5. The molecule has 154 valence electrons. The maximum Gasteiger partial charge on any atom is 0.278 e. The Morgan fingerprint density at radius 2 is 1.83 bits per heavy atom. The zero-order valence-electron chi connectivity index (χ0n) is 16.7. The summed E-state index contributed by atoms with van der Waals surface area (Å²) >= 11 is 0. The van der Waals surface area contributed by atoms with Crippen molar-refractivity contribution in [2.45, 2.75) is 32.5 Å². The number of aryl methyl sites for hydroxylation is 1. The quantitative estimate of drug-likeness (QED) is 0.781. The summed E-state index contributed by atoms with van der Waals surface area (Å²) in [7, 11) is 0. The summed E-state index contributed by atoms with van der Waals surface area (Å²) in [5.41, 5.74) is 1.26. The van der Waals surface area contributed by atoms with Gasteiger partial charge in [0.1, 0.15) is 0 Å². The fourth-order valence-electron chi connectivity index (χ4n) is 3.70. The maximum absolute atomic E-state index is 13.1. The van der Waals surface area contributed by atoms with Gasteiger partial charge < -0.3 is 19.1 Å². The van der Waals surface area contributed by atoms with E-state index in [4.69, 9.17) is 14.2 Å². The van der Waals surface area contributed by atoms with Crippen LogP contribution in [0.2, 0.25) is 0 Å². The average molecular weight is 399 g/mol. The van der Waals surface area contributed by atoms with Crippen molar-refractivity contribution in [3.63, 3.8) is 0 Å². The number of nitrogens with zero attached hydrogens (tertiary/aromatic N) is 3. The van der Waals surface area contributed by atoms with Gasteiger partial charge in [0.25, 0.3) is 5.91 Å². The van der Waals surface area contributed by atoms with Crippen molar-refractivity contribution < 1.29 is 19.0 Å². The number of piperidine rings is 1. The van der Waals surface area contributed by atoms with Gasteiger partial charge in [-0.25, -0.2) is 4.68 Å². The minimum absolute atomic E-state index is 0.113. The normalized spacial score (nSPS) is 18.2. The summed E-state index contributed by atoms with van der Waals surface area (Å²) in [6.45, 7) is 6.27. The SMILES string of the molecule is CCOc1cc(=O)c(C(=O)N2CCC3(CC2)OCCO3)nn1-c1ccc(C)cc1. The third-order valence-electron chi connectivity index (χ3n) is 5.30. The Morgan fingerprint density at radius 1 is 1.17 bits per heavy atom. The zero-order chi connectivity index (χ0) is 20.4. The molecule has 0 N–H and O–H groups in total. The molecule has 2 aliphatic rings. The number of likely N-dealkylation sites (tertiary alicyclic amines) is 1. The van der Waals surface area contributed by atoms with Gasteiger partial charge >= 0.3 is 0 Å². The molecule has 2 saturated heterocycles. The molecule has 3 heterocycles. The van der Waals surface area contributed by atoms with E-state index in [-0.39, 0.29) is 11.6 Å². The minimum atomic E-state index is -0.578. The summed E-state index contributed by atoms with van der Waals surface area (Å²) in [5, 5.41) is 4.38. The first-order valence-corrected chi connectivity index (χ1v) is 9.93. The number of hydrogen-bond donors (Lipinski definition) is 0.